The molecule has 2 aromatic carbocycles. The number of phenols is 1. The van der Waals surface area contributed by atoms with Crippen LogP contribution in [-0.2, 0) is 17.0 Å². The second-order valence-electron chi connectivity index (χ2n) is 5.23. The van der Waals surface area contributed by atoms with Crippen molar-refractivity contribution in [2.45, 2.75) is 19.1 Å². The monoisotopic (exact) mass is 315 g/mol. The third-order valence-electron chi connectivity index (χ3n) is 3.26. The van der Waals surface area contributed by atoms with Gasteiger partial charge in [0.05, 0.1) is 6.42 Å². The van der Waals surface area contributed by atoms with Crippen LogP contribution in [0.1, 0.15) is 16.7 Å². The minimum Gasteiger partial charge on any atom is -0.508 e. The Bertz CT molecular complexity index is 593. The van der Waals surface area contributed by atoms with Crippen molar-refractivity contribution in [3.05, 3.63) is 65.2 Å². The molecule has 0 aromatic heterocycles. The number of benzene rings is 2. The van der Waals surface area contributed by atoms with Crippen LogP contribution in [0.25, 0.3) is 0 Å². The molecule has 0 radical (unpaired) electrons. The summed E-state index contributed by atoms with van der Waals surface area (Å²) in [5, 5.41) is 12.1. The van der Waals surface area contributed by atoms with E-state index in [0.717, 1.165) is 17.1 Å². The van der Waals surface area contributed by atoms with Crippen molar-refractivity contribution in [2.75, 3.05) is 12.3 Å². The van der Waals surface area contributed by atoms with Gasteiger partial charge in [-0.2, -0.15) is 11.8 Å². The number of nitrogens with one attached hydrogen (secondary N) is 1. The van der Waals surface area contributed by atoms with Gasteiger partial charge in [0.1, 0.15) is 5.75 Å². The Morgan fingerprint density at radius 3 is 2.36 bits per heavy atom. The molecule has 0 atom stereocenters. The van der Waals surface area contributed by atoms with Gasteiger partial charge in [0.25, 0.3) is 0 Å². The molecule has 0 unspecified atom stereocenters. The van der Waals surface area contributed by atoms with E-state index in [2.05, 4.69) is 36.5 Å². The van der Waals surface area contributed by atoms with Crippen LogP contribution in [0.15, 0.2) is 48.5 Å². The highest BCUT2D eigenvalue weighted by molar-refractivity contribution is 7.98. The van der Waals surface area contributed by atoms with E-state index in [0.29, 0.717) is 13.0 Å². The van der Waals surface area contributed by atoms with Crippen molar-refractivity contribution >= 4 is 17.7 Å². The van der Waals surface area contributed by atoms with Crippen LogP contribution < -0.4 is 5.32 Å². The summed E-state index contributed by atoms with van der Waals surface area (Å²) in [5.74, 6) is 2.10. The number of amides is 1. The minimum absolute atomic E-state index is 0.0154. The lowest BCUT2D eigenvalue weighted by Crippen LogP contribution is -2.27. The lowest BCUT2D eigenvalue weighted by atomic mass is 10.1. The lowest BCUT2D eigenvalue weighted by molar-refractivity contribution is -0.120. The molecule has 0 aliphatic rings. The summed E-state index contributed by atoms with van der Waals surface area (Å²) in [4.78, 5) is 11.8. The molecule has 2 aromatic rings. The van der Waals surface area contributed by atoms with Crippen LogP contribution in [0.3, 0.4) is 0 Å². The zero-order chi connectivity index (χ0) is 15.8. The molecule has 0 aliphatic heterocycles. The first kappa shape index (κ1) is 16.4. The molecular weight excluding hydrogens is 294 g/mol. The number of carbonyl (C=O) groups excluding carboxylic acids is 1. The van der Waals surface area contributed by atoms with Crippen molar-refractivity contribution in [1.82, 2.24) is 5.32 Å². The molecule has 0 spiro atoms. The van der Waals surface area contributed by atoms with Gasteiger partial charge in [0.2, 0.25) is 5.91 Å². The van der Waals surface area contributed by atoms with Gasteiger partial charge in [-0.1, -0.05) is 42.0 Å². The zero-order valence-electron chi connectivity index (χ0n) is 12.7. The van der Waals surface area contributed by atoms with Crippen LogP contribution in [0, 0.1) is 6.92 Å². The average molecular weight is 315 g/mol. The Hall–Kier alpha value is -1.94. The second-order valence-corrected chi connectivity index (χ2v) is 6.34. The van der Waals surface area contributed by atoms with Gasteiger partial charge in [-0.05, 0) is 30.2 Å². The quantitative estimate of drug-likeness (QED) is 0.771. The van der Waals surface area contributed by atoms with Crippen molar-refractivity contribution in [3.8, 4) is 5.75 Å². The molecule has 0 heterocycles. The van der Waals surface area contributed by atoms with E-state index in [1.54, 1.807) is 24.3 Å². The second kappa shape index (κ2) is 8.49. The SMILES string of the molecule is Cc1ccc(CSCCNC(=O)Cc2ccc(O)cc2)cc1. The molecule has 0 bridgehead atoms. The predicted octanol–water partition coefficient (Wildman–Crippen LogP) is 3.29. The number of thioether (sulfide) groups is 1. The Balaban J connectivity index is 1.61. The van der Waals surface area contributed by atoms with Gasteiger partial charge in [-0.3, -0.25) is 4.79 Å². The van der Waals surface area contributed by atoms with Gasteiger partial charge in [0.15, 0.2) is 0 Å². The molecular formula is C18H21NO2S. The molecule has 1 amide bonds. The molecule has 0 saturated heterocycles. The minimum atomic E-state index is 0.0154. The highest BCUT2D eigenvalue weighted by Crippen LogP contribution is 2.12. The Morgan fingerprint density at radius 2 is 1.68 bits per heavy atom. The summed E-state index contributed by atoms with van der Waals surface area (Å²) in [6, 6.07) is 15.3. The maximum atomic E-state index is 11.8. The van der Waals surface area contributed by atoms with E-state index in [4.69, 9.17) is 0 Å². The Morgan fingerprint density at radius 1 is 1.05 bits per heavy atom. The van der Waals surface area contributed by atoms with Gasteiger partial charge in [-0.15, -0.1) is 0 Å². The normalized spacial score (nSPS) is 10.4. The molecule has 0 aliphatic carbocycles. The smallest absolute Gasteiger partial charge is 0.224 e. The fourth-order valence-electron chi connectivity index (χ4n) is 2.00. The summed E-state index contributed by atoms with van der Waals surface area (Å²) in [6.45, 7) is 2.76. The largest absolute Gasteiger partial charge is 0.508 e. The molecule has 0 fully saturated rings. The average Bonchev–Trinajstić information content (AvgIpc) is 2.51. The molecule has 0 saturated carbocycles. The lowest BCUT2D eigenvalue weighted by Gasteiger charge is -2.06. The van der Waals surface area contributed by atoms with E-state index in [-0.39, 0.29) is 11.7 Å². The summed E-state index contributed by atoms with van der Waals surface area (Å²) < 4.78 is 0. The molecule has 4 heteroatoms. The fraction of sp³-hybridized carbons (Fsp3) is 0.278. The van der Waals surface area contributed by atoms with E-state index >= 15 is 0 Å². The number of aromatic hydroxyl groups is 1. The van der Waals surface area contributed by atoms with Crippen molar-refractivity contribution < 1.29 is 9.90 Å². The zero-order valence-corrected chi connectivity index (χ0v) is 13.5. The highest BCUT2D eigenvalue weighted by atomic mass is 32.2. The van der Waals surface area contributed by atoms with E-state index in [9.17, 15) is 9.90 Å². The van der Waals surface area contributed by atoms with Crippen LogP contribution in [0.5, 0.6) is 5.75 Å². The Labute approximate surface area is 135 Å². The number of aryl methyl sites for hydroxylation is 1. The molecule has 22 heavy (non-hydrogen) atoms. The molecule has 116 valence electrons. The van der Waals surface area contributed by atoms with Gasteiger partial charge in [0, 0.05) is 18.1 Å². The van der Waals surface area contributed by atoms with Crippen LogP contribution in [-0.4, -0.2) is 23.3 Å². The van der Waals surface area contributed by atoms with Crippen molar-refractivity contribution in [1.29, 1.82) is 0 Å². The van der Waals surface area contributed by atoms with Crippen LogP contribution >= 0.6 is 11.8 Å². The highest BCUT2D eigenvalue weighted by Gasteiger charge is 2.03. The molecule has 3 nitrogen and oxygen atoms in total. The van der Waals surface area contributed by atoms with E-state index in [1.807, 2.05) is 11.8 Å². The number of phenolic OH excluding ortho intramolecular Hbond substituents is 1. The van der Waals surface area contributed by atoms with Crippen LogP contribution in [0.4, 0.5) is 0 Å². The fourth-order valence-corrected chi connectivity index (χ4v) is 2.82. The predicted molar refractivity (Wildman–Crippen MR) is 92.2 cm³/mol. The standard InChI is InChI=1S/C18H21NO2S/c1-14-2-4-16(5-3-14)13-22-11-10-19-18(21)12-15-6-8-17(20)9-7-15/h2-9,20H,10-13H2,1H3,(H,19,21). The topological polar surface area (TPSA) is 49.3 Å². The van der Waals surface area contributed by atoms with Gasteiger partial charge >= 0.3 is 0 Å². The number of carbonyl (C=O) groups is 1. The first-order valence-electron chi connectivity index (χ1n) is 7.31. The maximum absolute atomic E-state index is 11.8. The molecule has 2 rings (SSSR count). The summed E-state index contributed by atoms with van der Waals surface area (Å²) in [7, 11) is 0. The summed E-state index contributed by atoms with van der Waals surface area (Å²) in [5.41, 5.74) is 3.49. The first-order chi connectivity index (χ1) is 10.6. The number of hydrogen-bond acceptors (Lipinski definition) is 3. The summed E-state index contributed by atoms with van der Waals surface area (Å²) >= 11 is 1.81. The molecule has 2 N–H and O–H groups in total. The number of hydrogen-bond donors (Lipinski definition) is 2. The van der Waals surface area contributed by atoms with Crippen molar-refractivity contribution in [2.24, 2.45) is 0 Å². The third kappa shape index (κ3) is 5.82. The first-order valence-corrected chi connectivity index (χ1v) is 8.47. The number of rotatable bonds is 7. The van der Waals surface area contributed by atoms with Gasteiger partial charge in [-0.25, -0.2) is 0 Å². The van der Waals surface area contributed by atoms with E-state index < -0.39 is 0 Å². The summed E-state index contributed by atoms with van der Waals surface area (Å²) in [6.07, 6.45) is 0.350. The maximum Gasteiger partial charge on any atom is 0.224 e. The van der Waals surface area contributed by atoms with Crippen molar-refractivity contribution in [3.63, 3.8) is 0 Å². The van der Waals surface area contributed by atoms with Gasteiger partial charge < -0.3 is 10.4 Å². The third-order valence-corrected chi connectivity index (χ3v) is 4.29. The van der Waals surface area contributed by atoms with E-state index in [1.165, 1.54) is 11.1 Å². The van der Waals surface area contributed by atoms with Crippen LogP contribution in [0.2, 0.25) is 0 Å². The Kier molecular flexibility index (Phi) is 6.34.